The smallest absolute Gasteiger partial charge is 0.261 e. The summed E-state index contributed by atoms with van der Waals surface area (Å²) in [6.07, 6.45) is 1.62. The van der Waals surface area contributed by atoms with E-state index in [1.165, 1.54) is 5.56 Å². The van der Waals surface area contributed by atoms with Crippen LogP contribution < -0.4 is 5.43 Å². The van der Waals surface area contributed by atoms with Crippen LogP contribution in [0.15, 0.2) is 41.5 Å². The van der Waals surface area contributed by atoms with Crippen LogP contribution >= 0.6 is 11.6 Å². The molecule has 6 heteroatoms. The number of halogens is 1. The second-order valence-electron chi connectivity index (χ2n) is 6.07. The number of carbonyl (C=O) groups excluding carboxylic acids is 1. The van der Waals surface area contributed by atoms with Crippen molar-refractivity contribution in [3.8, 4) is 0 Å². The van der Waals surface area contributed by atoms with Gasteiger partial charge in [-0.3, -0.25) is 9.48 Å². The first-order valence-corrected chi connectivity index (χ1v) is 8.33. The Morgan fingerprint density at radius 3 is 2.68 bits per heavy atom. The van der Waals surface area contributed by atoms with E-state index >= 15 is 0 Å². The molecule has 0 saturated carbocycles. The van der Waals surface area contributed by atoms with Crippen molar-refractivity contribution < 1.29 is 4.79 Å². The second kappa shape index (κ2) is 7.07. The third kappa shape index (κ3) is 3.88. The van der Waals surface area contributed by atoms with Gasteiger partial charge in [0.15, 0.2) is 0 Å². The molecule has 0 fully saturated rings. The fraction of sp³-hybridized carbons (Fsp3) is 0.211. The lowest BCUT2D eigenvalue weighted by atomic mass is 10.1. The fourth-order valence-corrected chi connectivity index (χ4v) is 2.74. The number of carbonyl (C=O) groups is 1. The van der Waals surface area contributed by atoms with Crippen LogP contribution in [0.25, 0.3) is 10.9 Å². The van der Waals surface area contributed by atoms with E-state index in [0.29, 0.717) is 5.02 Å². The van der Waals surface area contributed by atoms with Gasteiger partial charge in [-0.05, 0) is 44.0 Å². The molecule has 1 amide bonds. The third-order valence-corrected chi connectivity index (χ3v) is 4.40. The first-order chi connectivity index (χ1) is 11.9. The van der Waals surface area contributed by atoms with Crippen LogP contribution in [0.5, 0.6) is 0 Å². The van der Waals surface area contributed by atoms with Gasteiger partial charge in [-0.25, -0.2) is 5.43 Å². The van der Waals surface area contributed by atoms with Crippen LogP contribution in [-0.2, 0) is 11.3 Å². The highest BCUT2D eigenvalue weighted by Crippen LogP contribution is 2.25. The van der Waals surface area contributed by atoms with Gasteiger partial charge < -0.3 is 0 Å². The van der Waals surface area contributed by atoms with Gasteiger partial charge in [0, 0.05) is 10.4 Å². The minimum Gasteiger partial charge on any atom is -0.271 e. The van der Waals surface area contributed by atoms with Crippen molar-refractivity contribution in [2.24, 2.45) is 5.10 Å². The number of aromatic nitrogens is 2. The molecule has 0 radical (unpaired) electrons. The normalized spacial score (nSPS) is 11.4. The number of nitrogens with one attached hydrogen (secondary N) is 1. The summed E-state index contributed by atoms with van der Waals surface area (Å²) in [5, 5.41) is 10.1. The van der Waals surface area contributed by atoms with Gasteiger partial charge in [-0.15, -0.1) is 0 Å². The van der Waals surface area contributed by atoms with E-state index in [9.17, 15) is 4.79 Å². The van der Waals surface area contributed by atoms with Gasteiger partial charge in [-0.2, -0.15) is 10.2 Å². The molecule has 2 aromatic carbocycles. The van der Waals surface area contributed by atoms with Crippen LogP contribution in [0.1, 0.15) is 22.4 Å². The lowest BCUT2D eigenvalue weighted by Crippen LogP contribution is -2.23. The highest BCUT2D eigenvalue weighted by Gasteiger charge is 2.12. The van der Waals surface area contributed by atoms with Crippen molar-refractivity contribution in [2.45, 2.75) is 27.3 Å². The minimum absolute atomic E-state index is 0.0783. The van der Waals surface area contributed by atoms with E-state index in [-0.39, 0.29) is 12.5 Å². The molecule has 25 heavy (non-hydrogen) atoms. The molecule has 0 aliphatic heterocycles. The standard InChI is InChI=1S/C19H19ClN4O/c1-12-4-6-15(7-5-12)10-21-22-19(25)11-24-18-9-17(20)13(2)8-16(18)14(3)23-24/h4-10H,11H2,1-3H3,(H,22,25)/b21-10-. The highest BCUT2D eigenvalue weighted by atomic mass is 35.5. The number of nitrogens with zero attached hydrogens (tertiary/aromatic N) is 3. The summed E-state index contributed by atoms with van der Waals surface area (Å²) < 4.78 is 1.65. The first kappa shape index (κ1) is 17.2. The molecule has 0 bridgehead atoms. The number of benzene rings is 2. The van der Waals surface area contributed by atoms with E-state index in [1.807, 2.05) is 57.2 Å². The SMILES string of the molecule is Cc1ccc(/C=N\NC(=O)Cn2nc(C)c3cc(C)c(Cl)cc32)cc1. The summed E-state index contributed by atoms with van der Waals surface area (Å²) in [5.74, 6) is -0.246. The van der Waals surface area contributed by atoms with Crippen LogP contribution in [-0.4, -0.2) is 21.9 Å². The molecule has 1 aromatic heterocycles. The maximum absolute atomic E-state index is 12.1. The Bertz CT molecular complexity index is 958. The van der Waals surface area contributed by atoms with E-state index in [4.69, 9.17) is 11.6 Å². The molecule has 0 spiro atoms. The summed E-state index contributed by atoms with van der Waals surface area (Å²) >= 11 is 6.20. The molecule has 0 unspecified atom stereocenters. The Morgan fingerprint density at radius 1 is 1.24 bits per heavy atom. The quantitative estimate of drug-likeness (QED) is 0.572. The molecule has 128 valence electrons. The molecule has 0 aliphatic carbocycles. The maximum atomic E-state index is 12.1. The van der Waals surface area contributed by atoms with E-state index in [1.54, 1.807) is 10.9 Å². The number of rotatable bonds is 4. The zero-order valence-corrected chi connectivity index (χ0v) is 15.1. The number of hydrogen-bond donors (Lipinski definition) is 1. The molecule has 0 aliphatic rings. The van der Waals surface area contributed by atoms with Gasteiger partial charge in [0.1, 0.15) is 6.54 Å². The van der Waals surface area contributed by atoms with Gasteiger partial charge >= 0.3 is 0 Å². The topological polar surface area (TPSA) is 59.3 Å². The van der Waals surface area contributed by atoms with E-state index < -0.39 is 0 Å². The molecule has 0 atom stereocenters. The summed E-state index contributed by atoms with van der Waals surface area (Å²) in [4.78, 5) is 12.1. The number of amides is 1. The summed E-state index contributed by atoms with van der Waals surface area (Å²) in [6.45, 7) is 5.96. The number of hydrogen-bond acceptors (Lipinski definition) is 3. The average molecular weight is 355 g/mol. The zero-order valence-electron chi connectivity index (χ0n) is 14.4. The van der Waals surface area contributed by atoms with Crippen LogP contribution in [0.4, 0.5) is 0 Å². The Balaban J connectivity index is 1.72. The van der Waals surface area contributed by atoms with Crippen molar-refractivity contribution in [1.29, 1.82) is 0 Å². The molecule has 1 heterocycles. The van der Waals surface area contributed by atoms with Crippen LogP contribution in [0.3, 0.4) is 0 Å². The van der Waals surface area contributed by atoms with Crippen molar-refractivity contribution in [3.63, 3.8) is 0 Å². The van der Waals surface area contributed by atoms with Gasteiger partial charge in [0.25, 0.3) is 5.91 Å². The lowest BCUT2D eigenvalue weighted by molar-refractivity contribution is -0.121. The van der Waals surface area contributed by atoms with Crippen LogP contribution in [0, 0.1) is 20.8 Å². The van der Waals surface area contributed by atoms with Crippen molar-refractivity contribution in [2.75, 3.05) is 0 Å². The van der Waals surface area contributed by atoms with Crippen molar-refractivity contribution in [1.82, 2.24) is 15.2 Å². The van der Waals surface area contributed by atoms with E-state index in [0.717, 1.165) is 27.7 Å². The predicted molar refractivity (Wildman–Crippen MR) is 101 cm³/mol. The van der Waals surface area contributed by atoms with Crippen LogP contribution in [0.2, 0.25) is 5.02 Å². The second-order valence-corrected chi connectivity index (χ2v) is 6.47. The number of hydrazone groups is 1. The zero-order chi connectivity index (χ0) is 18.0. The molecular weight excluding hydrogens is 336 g/mol. The monoisotopic (exact) mass is 354 g/mol. The molecule has 3 aromatic rings. The third-order valence-electron chi connectivity index (χ3n) is 3.99. The molecule has 5 nitrogen and oxygen atoms in total. The molecular formula is C19H19ClN4O. The first-order valence-electron chi connectivity index (χ1n) is 7.96. The van der Waals surface area contributed by atoms with Gasteiger partial charge in [0.05, 0.1) is 17.4 Å². The molecule has 0 saturated heterocycles. The Labute approximate surface area is 151 Å². The minimum atomic E-state index is -0.246. The summed E-state index contributed by atoms with van der Waals surface area (Å²) in [5.41, 5.74) is 7.33. The molecule has 3 rings (SSSR count). The predicted octanol–water partition coefficient (Wildman–Crippen LogP) is 3.77. The molecule has 1 N–H and O–H groups in total. The van der Waals surface area contributed by atoms with Gasteiger partial charge in [-0.1, -0.05) is 41.4 Å². The Morgan fingerprint density at radius 2 is 1.96 bits per heavy atom. The maximum Gasteiger partial charge on any atom is 0.261 e. The Hall–Kier alpha value is -2.66. The number of aryl methyl sites for hydroxylation is 3. The van der Waals surface area contributed by atoms with Crippen molar-refractivity contribution >= 4 is 34.6 Å². The highest BCUT2D eigenvalue weighted by molar-refractivity contribution is 6.32. The Kier molecular flexibility index (Phi) is 4.86. The number of fused-ring (bicyclic) bond motifs is 1. The largest absolute Gasteiger partial charge is 0.271 e. The summed E-state index contributed by atoms with van der Waals surface area (Å²) in [7, 11) is 0. The summed E-state index contributed by atoms with van der Waals surface area (Å²) in [6, 6.07) is 11.7. The van der Waals surface area contributed by atoms with Crippen molar-refractivity contribution in [3.05, 3.63) is 63.8 Å². The lowest BCUT2D eigenvalue weighted by Gasteiger charge is -2.04. The average Bonchev–Trinajstić information content (AvgIpc) is 2.85. The van der Waals surface area contributed by atoms with Gasteiger partial charge in [0.2, 0.25) is 0 Å². The fourth-order valence-electron chi connectivity index (χ4n) is 2.59. The van der Waals surface area contributed by atoms with E-state index in [2.05, 4.69) is 15.6 Å².